The summed E-state index contributed by atoms with van der Waals surface area (Å²) >= 11 is 0. The van der Waals surface area contributed by atoms with Crippen molar-refractivity contribution in [1.82, 2.24) is 0 Å². The fourth-order valence-corrected chi connectivity index (χ4v) is 5.18. The van der Waals surface area contributed by atoms with Gasteiger partial charge in [0.25, 0.3) is 0 Å². The van der Waals surface area contributed by atoms with Crippen LogP contribution in [0.25, 0.3) is 0 Å². The quantitative estimate of drug-likeness (QED) is 0.0282. The maximum atomic E-state index is 12.6. The Labute approximate surface area is 312 Å². The molecule has 0 aliphatic rings. The molecule has 0 fully saturated rings. The van der Waals surface area contributed by atoms with Crippen molar-refractivity contribution >= 4 is 17.9 Å². The Morgan fingerprint density at radius 1 is 0.431 bits per heavy atom. The van der Waals surface area contributed by atoms with Crippen LogP contribution in [0.3, 0.4) is 0 Å². The lowest BCUT2D eigenvalue weighted by Gasteiger charge is -2.18. The minimum absolute atomic E-state index is 0.114. The van der Waals surface area contributed by atoms with Gasteiger partial charge in [-0.05, 0) is 83.5 Å². The fourth-order valence-electron chi connectivity index (χ4n) is 5.18. The highest BCUT2D eigenvalue weighted by molar-refractivity contribution is 5.72. The van der Waals surface area contributed by atoms with Gasteiger partial charge in [-0.3, -0.25) is 14.4 Å². The lowest BCUT2D eigenvalue weighted by Crippen LogP contribution is -2.30. The van der Waals surface area contributed by atoms with Gasteiger partial charge >= 0.3 is 17.9 Å². The summed E-state index contributed by atoms with van der Waals surface area (Å²) in [5.41, 5.74) is 0. The van der Waals surface area contributed by atoms with E-state index in [9.17, 15) is 14.4 Å². The molecule has 0 heterocycles. The number of carbonyl (C=O) groups excluding carboxylic acids is 3. The molecule has 0 amide bonds. The molecular formula is C45H74O6. The highest BCUT2D eigenvalue weighted by atomic mass is 16.6. The van der Waals surface area contributed by atoms with E-state index in [2.05, 4.69) is 81.5 Å². The van der Waals surface area contributed by atoms with Crippen LogP contribution in [0.15, 0.2) is 72.9 Å². The predicted octanol–water partition coefficient (Wildman–Crippen LogP) is 12.7. The van der Waals surface area contributed by atoms with Gasteiger partial charge in [0.15, 0.2) is 6.10 Å². The van der Waals surface area contributed by atoms with Crippen LogP contribution < -0.4 is 0 Å². The largest absolute Gasteiger partial charge is 0.462 e. The van der Waals surface area contributed by atoms with Crippen LogP contribution in [-0.2, 0) is 28.6 Å². The minimum atomic E-state index is -0.817. The average molecular weight is 711 g/mol. The van der Waals surface area contributed by atoms with Gasteiger partial charge in [0.2, 0.25) is 0 Å². The van der Waals surface area contributed by atoms with Gasteiger partial charge in [-0.2, -0.15) is 0 Å². The van der Waals surface area contributed by atoms with Crippen LogP contribution in [-0.4, -0.2) is 37.2 Å². The molecular weight excluding hydrogens is 636 g/mol. The number of allylic oxidation sites excluding steroid dienone is 11. The second-order valence-corrected chi connectivity index (χ2v) is 13.1. The summed E-state index contributed by atoms with van der Waals surface area (Å²) < 4.78 is 16.5. The maximum Gasteiger partial charge on any atom is 0.309 e. The zero-order valence-electron chi connectivity index (χ0n) is 32.8. The predicted molar refractivity (Wildman–Crippen MR) is 214 cm³/mol. The van der Waals surface area contributed by atoms with Gasteiger partial charge in [-0.1, -0.05) is 145 Å². The number of carbonyl (C=O) groups is 3. The summed E-state index contributed by atoms with van der Waals surface area (Å²) in [5, 5.41) is 0. The van der Waals surface area contributed by atoms with Crippen LogP contribution >= 0.6 is 0 Å². The van der Waals surface area contributed by atoms with Crippen molar-refractivity contribution in [1.29, 1.82) is 0 Å². The summed E-state index contributed by atoms with van der Waals surface area (Å²) in [4.78, 5) is 37.4. The van der Waals surface area contributed by atoms with Crippen molar-refractivity contribution in [3.05, 3.63) is 72.9 Å². The molecule has 0 aliphatic heterocycles. The highest BCUT2D eigenvalue weighted by Crippen LogP contribution is 2.12. The molecule has 1 unspecified atom stereocenters. The van der Waals surface area contributed by atoms with Gasteiger partial charge in [0, 0.05) is 12.8 Å². The smallest absolute Gasteiger partial charge is 0.309 e. The molecule has 6 heteroatoms. The molecule has 51 heavy (non-hydrogen) atoms. The van der Waals surface area contributed by atoms with E-state index >= 15 is 0 Å². The molecule has 0 bridgehead atoms. The van der Waals surface area contributed by atoms with E-state index in [1.807, 2.05) is 6.08 Å². The lowest BCUT2D eigenvalue weighted by molar-refractivity contribution is -0.166. The zero-order valence-corrected chi connectivity index (χ0v) is 32.8. The molecule has 0 aromatic heterocycles. The summed E-state index contributed by atoms with van der Waals surface area (Å²) in [6.45, 7) is 6.23. The molecule has 0 N–H and O–H groups in total. The number of esters is 3. The van der Waals surface area contributed by atoms with E-state index in [0.29, 0.717) is 12.8 Å². The molecule has 1 atom stereocenters. The Bertz CT molecular complexity index is 1000. The zero-order chi connectivity index (χ0) is 37.3. The van der Waals surface area contributed by atoms with Crippen molar-refractivity contribution in [2.45, 2.75) is 181 Å². The Hall–Kier alpha value is -3.15. The highest BCUT2D eigenvalue weighted by Gasteiger charge is 2.19. The first-order chi connectivity index (χ1) is 25.0. The first kappa shape index (κ1) is 47.8. The van der Waals surface area contributed by atoms with Crippen LogP contribution in [0.4, 0.5) is 0 Å². The molecule has 0 rings (SSSR count). The summed E-state index contributed by atoms with van der Waals surface area (Å²) in [7, 11) is 0. The Morgan fingerprint density at radius 3 is 1.39 bits per heavy atom. The molecule has 0 saturated carbocycles. The average Bonchev–Trinajstić information content (AvgIpc) is 3.12. The first-order valence-electron chi connectivity index (χ1n) is 20.4. The van der Waals surface area contributed by atoms with Crippen LogP contribution in [0.2, 0.25) is 0 Å². The lowest BCUT2D eigenvalue weighted by atomic mass is 10.1. The Kier molecular flexibility index (Phi) is 37.2. The van der Waals surface area contributed by atoms with E-state index in [1.54, 1.807) is 6.08 Å². The van der Waals surface area contributed by atoms with Gasteiger partial charge in [0.1, 0.15) is 13.2 Å². The van der Waals surface area contributed by atoms with Gasteiger partial charge < -0.3 is 14.2 Å². The third-order valence-electron chi connectivity index (χ3n) is 8.21. The van der Waals surface area contributed by atoms with E-state index in [-0.39, 0.29) is 31.6 Å². The van der Waals surface area contributed by atoms with Crippen molar-refractivity contribution < 1.29 is 28.6 Å². The van der Waals surface area contributed by atoms with E-state index in [4.69, 9.17) is 14.2 Å². The Balaban J connectivity index is 4.50. The first-order valence-corrected chi connectivity index (χ1v) is 20.4. The normalized spacial score (nSPS) is 12.8. The number of rotatable bonds is 35. The van der Waals surface area contributed by atoms with Gasteiger partial charge in [-0.15, -0.1) is 0 Å². The molecule has 0 aromatic rings. The topological polar surface area (TPSA) is 78.9 Å². The van der Waals surface area contributed by atoms with Gasteiger partial charge in [-0.25, -0.2) is 0 Å². The van der Waals surface area contributed by atoms with Crippen molar-refractivity contribution in [3.8, 4) is 0 Å². The minimum Gasteiger partial charge on any atom is -0.462 e. The van der Waals surface area contributed by atoms with Gasteiger partial charge in [0.05, 0.1) is 6.42 Å². The van der Waals surface area contributed by atoms with Crippen molar-refractivity contribution in [2.24, 2.45) is 0 Å². The molecule has 0 spiro atoms. The van der Waals surface area contributed by atoms with E-state index in [1.165, 1.54) is 32.1 Å². The number of unbranched alkanes of at least 4 members (excludes halogenated alkanes) is 13. The van der Waals surface area contributed by atoms with Crippen LogP contribution in [0, 0.1) is 0 Å². The second-order valence-electron chi connectivity index (χ2n) is 13.1. The SMILES string of the molecule is CC/C=C\C/C=C\C/C=C\CC(=O)OCC(COC(=O)CCCCCCC/C=C\C/C=C\CC)OC(=O)CCCCCCC/C=C\CCCCC. The monoisotopic (exact) mass is 711 g/mol. The third-order valence-corrected chi connectivity index (χ3v) is 8.21. The molecule has 0 aromatic carbocycles. The maximum absolute atomic E-state index is 12.6. The summed E-state index contributed by atoms with van der Waals surface area (Å²) in [6.07, 6.45) is 47.8. The number of ether oxygens (including phenoxy) is 3. The fraction of sp³-hybridized carbons (Fsp3) is 0.667. The third kappa shape index (κ3) is 37.9. The van der Waals surface area contributed by atoms with E-state index in [0.717, 1.165) is 103 Å². The second kappa shape index (κ2) is 39.6. The molecule has 0 radical (unpaired) electrons. The van der Waals surface area contributed by atoms with Crippen molar-refractivity contribution in [3.63, 3.8) is 0 Å². The Morgan fingerprint density at radius 2 is 0.843 bits per heavy atom. The molecule has 0 aliphatic carbocycles. The summed E-state index contributed by atoms with van der Waals surface area (Å²) in [6, 6.07) is 0. The number of hydrogen-bond acceptors (Lipinski definition) is 6. The molecule has 290 valence electrons. The van der Waals surface area contributed by atoms with E-state index < -0.39 is 12.1 Å². The van der Waals surface area contributed by atoms with Crippen molar-refractivity contribution in [2.75, 3.05) is 13.2 Å². The standard InChI is InChI=1S/C45H74O6/c1-4-7-10-13-16-19-21-23-26-29-32-35-38-44(47)50-41-42(40-49-43(46)37-34-31-28-25-18-15-12-9-6-3)51-45(48)39-36-33-30-27-24-22-20-17-14-11-8-5-2/h7,9-10,12,16-20,25,31,34,42H,4-6,8,11,13-15,21-24,26-30,32-33,35-41H2,1-3H3/b10-7-,12-9-,19-16-,20-17-,25-18-,34-31-. The summed E-state index contributed by atoms with van der Waals surface area (Å²) in [5.74, 6) is -1.08. The van der Waals surface area contributed by atoms with Crippen LogP contribution in [0.1, 0.15) is 175 Å². The number of hydrogen-bond donors (Lipinski definition) is 0. The van der Waals surface area contributed by atoms with Crippen LogP contribution in [0.5, 0.6) is 0 Å². The molecule has 6 nitrogen and oxygen atoms in total. The molecule has 0 saturated heterocycles.